The summed E-state index contributed by atoms with van der Waals surface area (Å²) in [6.07, 6.45) is -9.99. The van der Waals surface area contributed by atoms with Crippen LogP contribution in [0.5, 0.6) is 0 Å². The quantitative estimate of drug-likeness (QED) is 0.311. The summed E-state index contributed by atoms with van der Waals surface area (Å²) >= 11 is 0. The summed E-state index contributed by atoms with van der Waals surface area (Å²) in [6.45, 7) is 1.30. The van der Waals surface area contributed by atoms with Crippen LogP contribution in [0.25, 0.3) is 0 Å². The molecule has 0 aromatic heterocycles. The molecule has 1 heterocycles. The van der Waals surface area contributed by atoms with Crippen LogP contribution in [0, 0.1) is 20.2 Å². The van der Waals surface area contributed by atoms with Crippen molar-refractivity contribution in [3.05, 3.63) is 79.9 Å². The molecule has 16 heteroatoms. The average molecular weight is 541 g/mol. The number of ether oxygens (including phenoxy) is 3. The number of carbonyl (C=O) groups is 3. The summed E-state index contributed by atoms with van der Waals surface area (Å²) < 4.78 is 54.7. The second-order valence-corrected chi connectivity index (χ2v) is 7.97. The van der Waals surface area contributed by atoms with Gasteiger partial charge in [0.15, 0.2) is 0 Å². The minimum absolute atomic E-state index is 0.116. The van der Waals surface area contributed by atoms with E-state index in [2.05, 4.69) is 0 Å². The molecule has 1 amide bonds. The first-order valence-corrected chi connectivity index (χ1v) is 10.7. The van der Waals surface area contributed by atoms with Gasteiger partial charge in [0.05, 0.1) is 33.1 Å². The zero-order valence-electron chi connectivity index (χ0n) is 19.2. The standard InChI is InChI=1S/C22H18F3N3O10/c1-11-18(38-20(30)13-4-8-15(9-5-13)28(34)35)16(26-21(31)22(23,24)25)10-17(36-11)37-19(29)12-2-6-14(7-3-12)27(32)33/h2-9,11,16-18H,10H2,1H3,(H,26,31)/t11-,16-,17-,18-/m1/s1. The van der Waals surface area contributed by atoms with E-state index in [1.807, 2.05) is 0 Å². The zero-order chi connectivity index (χ0) is 28.2. The third kappa shape index (κ3) is 6.78. The number of nitro benzene ring substituents is 2. The van der Waals surface area contributed by atoms with Crippen molar-refractivity contribution in [3.63, 3.8) is 0 Å². The van der Waals surface area contributed by atoms with Gasteiger partial charge in [0.25, 0.3) is 11.4 Å². The summed E-state index contributed by atoms with van der Waals surface area (Å²) in [6, 6.07) is 6.96. The first kappa shape index (κ1) is 28.0. The molecule has 1 saturated heterocycles. The molecule has 0 spiro atoms. The molecule has 0 unspecified atom stereocenters. The summed E-state index contributed by atoms with van der Waals surface area (Å²) in [7, 11) is 0. The number of benzene rings is 2. The maximum absolute atomic E-state index is 12.9. The molecule has 38 heavy (non-hydrogen) atoms. The maximum atomic E-state index is 12.9. The summed E-state index contributed by atoms with van der Waals surface area (Å²) in [4.78, 5) is 56.8. The Morgan fingerprint density at radius 1 is 0.895 bits per heavy atom. The largest absolute Gasteiger partial charge is 0.471 e. The van der Waals surface area contributed by atoms with Gasteiger partial charge in [-0.3, -0.25) is 25.0 Å². The Balaban J connectivity index is 1.76. The molecule has 0 aliphatic carbocycles. The number of esters is 2. The van der Waals surface area contributed by atoms with E-state index in [4.69, 9.17) is 14.2 Å². The summed E-state index contributed by atoms with van der Waals surface area (Å²) in [5.74, 6) is -4.42. The van der Waals surface area contributed by atoms with Crippen molar-refractivity contribution < 1.29 is 51.6 Å². The molecule has 1 fully saturated rings. The molecule has 4 atom stereocenters. The molecule has 13 nitrogen and oxygen atoms in total. The van der Waals surface area contributed by atoms with E-state index in [0.717, 1.165) is 48.5 Å². The highest BCUT2D eigenvalue weighted by Gasteiger charge is 2.46. The van der Waals surface area contributed by atoms with Crippen molar-refractivity contribution in [1.29, 1.82) is 0 Å². The van der Waals surface area contributed by atoms with Gasteiger partial charge >= 0.3 is 24.0 Å². The van der Waals surface area contributed by atoms with Crippen LogP contribution in [0.15, 0.2) is 48.5 Å². The number of nitro groups is 2. The number of hydrogen-bond acceptors (Lipinski definition) is 10. The molecule has 1 N–H and O–H groups in total. The predicted octanol–water partition coefficient (Wildman–Crippen LogP) is 3.07. The second-order valence-electron chi connectivity index (χ2n) is 7.97. The number of hydrogen-bond donors (Lipinski definition) is 1. The molecule has 0 bridgehead atoms. The van der Waals surface area contributed by atoms with Crippen molar-refractivity contribution in [2.24, 2.45) is 0 Å². The number of halogens is 3. The van der Waals surface area contributed by atoms with Crippen molar-refractivity contribution >= 4 is 29.2 Å². The first-order chi connectivity index (χ1) is 17.8. The Labute approximate surface area is 210 Å². The average Bonchev–Trinajstić information content (AvgIpc) is 2.85. The van der Waals surface area contributed by atoms with Crippen molar-refractivity contribution in [1.82, 2.24) is 5.32 Å². The Morgan fingerprint density at radius 2 is 1.34 bits per heavy atom. The van der Waals surface area contributed by atoms with E-state index >= 15 is 0 Å². The summed E-state index contributed by atoms with van der Waals surface area (Å²) in [5.41, 5.74) is -0.884. The van der Waals surface area contributed by atoms with Gasteiger partial charge in [0.1, 0.15) is 6.10 Å². The van der Waals surface area contributed by atoms with Crippen LogP contribution in [0.3, 0.4) is 0 Å². The third-order valence-electron chi connectivity index (χ3n) is 5.36. The lowest BCUT2D eigenvalue weighted by molar-refractivity contribution is -0.385. The smallest absolute Gasteiger partial charge is 0.454 e. The van der Waals surface area contributed by atoms with Gasteiger partial charge < -0.3 is 19.5 Å². The van der Waals surface area contributed by atoms with E-state index in [1.165, 1.54) is 6.92 Å². The molecule has 0 radical (unpaired) electrons. The number of non-ortho nitro benzene ring substituents is 2. The fourth-order valence-corrected chi connectivity index (χ4v) is 3.50. The van der Waals surface area contributed by atoms with Crippen molar-refractivity contribution in [2.45, 2.75) is 44.1 Å². The highest BCUT2D eigenvalue weighted by Crippen LogP contribution is 2.27. The normalized spacial score (nSPS) is 21.2. The second kappa shape index (κ2) is 11.2. The number of amides is 1. The number of alkyl halides is 3. The van der Waals surface area contributed by atoms with Gasteiger partial charge in [-0.15, -0.1) is 0 Å². The molecule has 0 saturated carbocycles. The van der Waals surface area contributed by atoms with Crippen LogP contribution < -0.4 is 5.32 Å². The number of rotatable bonds is 7. The number of carbonyl (C=O) groups excluding carboxylic acids is 3. The van der Waals surface area contributed by atoms with E-state index < -0.39 is 64.8 Å². The molecule has 3 rings (SSSR count). The van der Waals surface area contributed by atoms with Gasteiger partial charge in [-0.1, -0.05) is 0 Å². The fraction of sp³-hybridized carbons (Fsp3) is 0.318. The highest BCUT2D eigenvalue weighted by atomic mass is 19.4. The molecule has 1 aliphatic heterocycles. The van der Waals surface area contributed by atoms with E-state index in [9.17, 15) is 47.8 Å². The Bertz CT molecular complexity index is 1230. The Kier molecular flexibility index (Phi) is 8.25. The predicted molar refractivity (Wildman–Crippen MR) is 118 cm³/mol. The third-order valence-corrected chi connectivity index (χ3v) is 5.36. The molecule has 2 aromatic carbocycles. The van der Waals surface area contributed by atoms with Crippen LogP contribution in [0.4, 0.5) is 24.5 Å². The van der Waals surface area contributed by atoms with Crippen molar-refractivity contribution in [2.75, 3.05) is 0 Å². The zero-order valence-corrected chi connectivity index (χ0v) is 19.2. The SMILES string of the molecule is C[C@H]1O[C@H](OC(=O)c2ccc([N+](=O)[O-])cc2)C[C@@H](NC(=O)C(F)(F)F)[C@@H]1OC(=O)c1ccc([N+](=O)[O-])cc1. The molecule has 1 aliphatic rings. The van der Waals surface area contributed by atoms with Crippen LogP contribution in [-0.2, 0) is 19.0 Å². The number of nitrogens with one attached hydrogen (secondary N) is 1. The Morgan fingerprint density at radius 3 is 1.76 bits per heavy atom. The van der Waals surface area contributed by atoms with Gasteiger partial charge in [-0.2, -0.15) is 13.2 Å². The minimum atomic E-state index is -5.28. The lowest BCUT2D eigenvalue weighted by Gasteiger charge is -2.39. The number of nitrogens with zero attached hydrogens (tertiary/aromatic N) is 2. The van der Waals surface area contributed by atoms with Crippen LogP contribution >= 0.6 is 0 Å². The van der Waals surface area contributed by atoms with Gasteiger partial charge in [0.2, 0.25) is 6.29 Å². The van der Waals surface area contributed by atoms with Crippen LogP contribution in [-0.4, -0.2) is 58.4 Å². The first-order valence-electron chi connectivity index (χ1n) is 10.7. The van der Waals surface area contributed by atoms with E-state index in [0.29, 0.717) is 0 Å². The van der Waals surface area contributed by atoms with Crippen LogP contribution in [0.2, 0.25) is 0 Å². The molecular weight excluding hydrogens is 523 g/mol. The maximum Gasteiger partial charge on any atom is 0.471 e. The fourth-order valence-electron chi connectivity index (χ4n) is 3.50. The molecular formula is C22H18F3N3O10. The highest BCUT2D eigenvalue weighted by molar-refractivity contribution is 5.90. The molecule has 202 valence electrons. The lowest BCUT2D eigenvalue weighted by atomic mass is 9.98. The van der Waals surface area contributed by atoms with Gasteiger partial charge in [-0.25, -0.2) is 9.59 Å². The lowest BCUT2D eigenvalue weighted by Crippen LogP contribution is -2.58. The monoisotopic (exact) mass is 541 g/mol. The minimum Gasteiger partial charge on any atom is -0.454 e. The molecule has 2 aromatic rings. The van der Waals surface area contributed by atoms with Crippen molar-refractivity contribution in [3.8, 4) is 0 Å². The topological polar surface area (TPSA) is 177 Å². The van der Waals surface area contributed by atoms with Gasteiger partial charge in [-0.05, 0) is 31.2 Å². The van der Waals surface area contributed by atoms with Crippen LogP contribution in [0.1, 0.15) is 34.1 Å². The Hall–Kier alpha value is -4.60. The van der Waals surface area contributed by atoms with E-state index in [1.54, 1.807) is 5.32 Å². The van der Waals surface area contributed by atoms with Gasteiger partial charge in [0, 0.05) is 30.7 Å². The van der Waals surface area contributed by atoms with E-state index in [-0.39, 0.29) is 22.5 Å². The summed E-state index contributed by atoms with van der Waals surface area (Å²) in [5, 5.41) is 23.3.